The van der Waals surface area contributed by atoms with Crippen LogP contribution in [-0.2, 0) is 20.7 Å². The molecule has 10 heteroatoms. The molecule has 0 radical (unpaired) electrons. The number of amides is 2. The Bertz CT molecular complexity index is 970. The fraction of sp³-hybridized carbons (Fsp3) is 0.167. The lowest BCUT2D eigenvalue weighted by Gasteiger charge is -2.04. The number of benzene rings is 1. The number of aryl methyl sites for hydroxylation is 1. The van der Waals surface area contributed by atoms with Crippen LogP contribution in [0.25, 0.3) is 11.4 Å². The summed E-state index contributed by atoms with van der Waals surface area (Å²) in [7, 11) is 0. The number of hydrogen-bond donors (Lipinski definition) is 1. The number of nitrogens with zero attached hydrogens (tertiary/aromatic N) is 2. The first-order valence-corrected chi connectivity index (χ1v) is 9.01. The van der Waals surface area contributed by atoms with Gasteiger partial charge in [0.1, 0.15) is 5.82 Å². The van der Waals surface area contributed by atoms with Crippen molar-refractivity contribution in [3.05, 3.63) is 58.4 Å². The van der Waals surface area contributed by atoms with Gasteiger partial charge in [0, 0.05) is 12.0 Å². The van der Waals surface area contributed by atoms with E-state index in [2.05, 4.69) is 15.5 Å². The number of thiophene rings is 1. The minimum Gasteiger partial charge on any atom is -0.456 e. The first-order chi connectivity index (χ1) is 13.5. The predicted molar refractivity (Wildman–Crippen MR) is 95.8 cm³/mol. The Hall–Kier alpha value is -3.40. The van der Waals surface area contributed by atoms with Crippen LogP contribution in [0.4, 0.5) is 4.39 Å². The van der Waals surface area contributed by atoms with Gasteiger partial charge < -0.3 is 9.26 Å². The number of carbonyl (C=O) groups is 3. The van der Waals surface area contributed by atoms with Gasteiger partial charge >= 0.3 is 5.97 Å². The van der Waals surface area contributed by atoms with Crippen molar-refractivity contribution in [2.24, 2.45) is 0 Å². The monoisotopic (exact) mass is 403 g/mol. The van der Waals surface area contributed by atoms with Crippen LogP contribution in [-0.4, -0.2) is 34.5 Å². The van der Waals surface area contributed by atoms with Gasteiger partial charge in [-0.3, -0.25) is 19.7 Å². The molecule has 0 saturated heterocycles. The number of esters is 1. The molecule has 8 nitrogen and oxygen atoms in total. The van der Waals surface area contributed by atoms with E-state index in [4.69, 9.17) is 9.26 Å². The lowest BCUT2D eigenvalue weighted by atomic mass is 10.2. The van der Waals surface area contributed by atoms with E-state index >= 15 is 0 Å². The maximum absolute atomic E-state index is 12.9. The molecule has 0 atom stereocenters. The van der Waals surface area contributed by atoms with Gasteiger partial charge in [0.15, 0.2) is 6.61 Å². The average Bonchev–Trinajstić information content (AvgIpc) is 3.37. The molecule has 0 fully saturated rings. The van der Waals surface area contributed by atoms with E-state index in [1.807, 2.05) is 0 Å². The first-order valence-electron chi connectivity index (χ1n) is 8.13. The van der Waals surface area contributed by atoms with Crippen molar-refractivity contribution in [1.82, 2.24) is 15.5 Å². The Balaban J connectivity index is 1.41. The Morgan fingerprint density at radius 3 is 2.68 bits per heavy atom. The van der Waals surface area contributed by atoms with Crippen LogP contribution >= 0.6 is 11.3 Å². The van der Waals surface area contributed by atoms with Gasteiger partial charge in [0.05, 0.1) is 11.3 Å². The van der Waals surface area contributed by atoms with Crippen molar-refractivity contribution in [1.29, 1.82) is 0 Å². The van der Waals surface area contributed by atoms with Gasteiger partial charge in [-0.2, -0.15) is 4.98 Å². The van der Waals surface area contributed by atoms with E-state index in [1.165, 1.54) is 35.6 Å². The van der Waals surface area contributed by atoms with E-state index in [9.17, 15) is 18.8 Å². The van der Waals surface area contributed by atoms with Crippen molar-refractivity contribution in [3.63, 3.8) is 0 Å². The highest BCUT2D eigenvalue weighted by molar-refractivity contribution is 7.12. The molecular weight excluding hydrogens is 389 g/mol. The molecule has 1 aromatic carbocycles. The highest BCUT2D eigenvalue weighted by atomic mass is 32.1. The molecule has 0 aliphatic heterocycles. The summed E-state index contributed by atoms with van der Waals surface area (Å²) in [6.07, 6.45) is 0.0278. The molecule has 0 aliphatic carbocycles. The van der Waals surface area contributed by atoms with Crippen LogP contribution in [0.1, 0.15) is 22.0 Å². The van der Waals surface area contributed by atoms with E-state index in [0.29, 0.717) is 10.4 Å². The molecule has 2 amide bonds. The van der Waals surface area contributed by atoms with Crippen molar-refractivity contribution >= 4 is 29.1 Å². The SMILES string of the molecule is O=C(COC(=O)CCc1nc(-c2ccc(F)cc2)no1)NC(=O)c1cccs1. The second-order valence-electron chi connectivity index (χ2n) is 5.53. The third-order valence-corrected chi connectivity index (χ3v) is 4.34. The summed E-state index contributed by atoms with van der Waals surface area (Å²) in [5.74, 6) is -1.82. The number of nitrogens with one attached hydrogen (secondary N) is 1. The zero-order valence-corrected chi connectivity index (χ0v) is 15.2. The maximum Gasteiger partial charge on any atom is 0.306 e. The third kappa shape index (κ3) is 5.30. The molecule has 0 saturated carbocycles. The molecule has 0 bridgehead atoms. The molecule has 1 N–H and O–H groups in total. The van der Waals surface area contributed by atoms with Gasteiger partial charge in [-0.15, -0.1) is 11.3 Å². The fourth-order valence-electron chi connectivity index (χ4n) is 2.13. The third-order valence-electron chi connectivity index (χ3n) is 3.48. The van der Waals surface area contributed by atoms with E-state index < -0.39 is 24.4 Å². The first kappa shape index (κ1) is 19.4. The normalized spacial score (nSPS) is 10.5. The summed E-state index contributed by atoms with van der Waals surface area (Å²) in [6, 6.07) is 8.82. The van der Waals surface area contributed by atoms with Gasteiger partial charge in [-0.25, -0.2) is 4.39 Å². The predicted octanol–water partition coefficient (Wildman–Crippen LogP) is 2.37. The second-order valence-corrected chi connectivity index (χ2v) is 6.48. The number of hydrogen-bond acceptors (Lipinski definition) is 8. The van der Waals surface area contributed by atoms with E-state index in [1.54, 1.807) is 17.5 Å². The minimum atomic E-state index is -0.719. The number of ether oxygens (including phenoxy) is 1. The van der Waals surface area contributed by atoms with Crippen LogP contribution in [0, 0.1) is 5.82 Å². The minimum absolute atomic E-state index is 0.0861. The average molecular weight is 403 g/mol. The van der Waals surface area contributed by atoms with Crippen molar-refractivity contribution in [2.75, 3.05) is 6.61 Å². The highest BCUT2D eigenvalue weighted by Gasteiger charge is 2.15. The highest BCUT2D eigenvalue weighted by Crippen LogP contribution is 2.16. The molecule has 0 aliphatic rings. The van der Waals surface area contributed by atoms with Gasteiger partial charge in [0.2, 0.25) is 11.7 Å². The summed E-state index contributed by atoms with van der Waals surface area (Å²) >= 11 is 1.19. The molecule has 2 heterocycles. The summed E-state index contributed by atoms with van der Waals surface area (Å²) in [4.78, 5) is 39.6. The molecule has 3 rings (SSSR count). The Morgan fingerprint density at radius 2 is 1.96 bits per heavy atom. The largest absolute Gasteiger partial charge is 0.456 e. The number of carbonyl (C=O) groups excluding carboxylic acids is 3. The number of rotatable bonds is 7. The fourth-order valence-corrected chi connectivity index (χ4v) is 2.75. The number of imide groups is 1. The van der Waals surface area contributed by atoms with E-state index in [0.717, 1.165) is 0 Å². The lowest BCUT2D eigenvalue weighted by Crippen LogP contribution is -2.33. The van der Waals surface area contributed by atoms with Crippen LogP contribution < -0.4 is 5.32 Å². The Kier molecular flexibility index (Phi) is 6.22. The zero-order valence-electron chi connectivity index (χ0n) is 14.4. The van der Waals surface area contributed by atoms with Crippen LogP contribution in [0.2, 0.25) is 0 Å². The van der Waals surface area contributed by atoms with Crippen molar-refractivity contribution in [2.45, 2.75) is 12.8 Å². The molecule has 0 unspecified atom stereocenters. The maximum atomic E-state index is 12.9. The topological polar surface area (TPSA) is 111 Å². The van der Waals surface area contributed by atoms with Crippen molar-refractivity contribution < 1.29 is 28.0 Å². The molecule has 28 heavy (non-hydrogen) atoms. The lowest BCUT2D eigenvalue weighted by molar-refractivity contribution is -0.148. The molecule has 3 aromatic rings. The Morgan fingerprint density at radius 1 is 1.18 bits per heavy atom. The molecule has 0 spiro atoms. The Labute approximate surface area is 162 Å². The summed E-state index contributed by atoms with van der Waals surface area (Å²) in [6.45, 7) is -0.569. The van der Waals surface area contributed by atoms with Gasteiger partial charge in [0.25, 0.3) is 11.8 Å². The van der Waals surface area contributed by atoms with Crippen LogP contribution in [0.5, 0.6) is 0 Å². The molecule has 144 valence electrons. The van der Waals surface area contributed by atoms with Crippen LogP contribution in [0.15, 0.2) is 46.3 Å². The zero-order chi connectivity index (χ0) is 19.9. The van der Waals surface area contributed by atoms with Crippen molar-refractivity contribution in [3.8, 4) is 11.4 Å². The number of aromatic nitrogens is 2. The standard InChI is InChI=1S/C18H14FN3O5S/c19-12-5-3-11(4-6-12)17-21-15(27-22-17)7-8-16(24)26-10-14(23)20-18(25)13-2-1-9-28-13/h1-6,9H,7-8,10H2,(H,20,23,25). The summed E-state index contributed by atoms with van der Waals surface area (Å²) in [5, 5.41) is 7.60. The molecule has 2 aromatic heterocycles. The second kappa shape index (κ2) is 9.00. The van der Waals surface area contributed by atoms with E-state index in [-0.39, 0.29) is 30.4 Å². The number of halogens is 1. The van der Waals surface area contributed by atoms with Gasteiger partial charge in [-0.05, 0) is 35.7 Å². The van der Waals surface area contributed by atoms with Gasteiger partial charge in [-0.1, -0.05) is 11.2 Å². The van der Waals surface area contributed by atoms with Crippen LogP contribution in [0.3, 0.4) is 0 Å². The molecular formula is C18H14FN3O5S. The quantitative estimate of drug-likeness (QED) is 0.603. The smallest absolute Gasteiger partial charge is 0.306 e. The summed E-state index contributed by atoms with van der Waals surface area (Å²) < 4.78 is 22.8. The summed E-state index contributed by atoms with van der Waals surface area (Å²) in [5.41, 5.74) is 0.575.